The first-order valence-corrected chi connectivity index (χ1v) is 2.91. The van der Waals surface area contributed by atoms with Gasteiger partial charge in [-0.15, -0.1) is 11.6 Å². The summed E-state index contributed by atoms with van der Waals surface area (Å²) in [7, 11) is 0. The van der Waals surface area contributed by atoms with Crippen LogP contribution >= 0.6 is 11.6 Å². The van der Waals surface area contributed by atoms with Crippen molar-refractivity contribution in [3.05, 3.63) is 0 Å². The van der Waals surface area contributed by atoms with Gasteiger partial charge in [-0.2, -0.15) is 0 Å². The second kappa shape index (κ2) is 0.645. The van der Waals surface area contributed by atoms with Gasteiger partial charge in [0, 0.05) is 5.38 Å². The lowest BCUT2D eigenvalue weighted by molar-refractivity contribution is 0.901. The van der Waals surface area contributed by atoms with Gasteiger partial charge in [0.2, 0.25) is 0 Å². The van der Waals surface area contributed by atoms with Gasteiger partial charge in [-0.05, 0) is 24.7 Å². The first kappa shape index (κ1) is 3.31. The van der Waals surface area contributed by atoms with E-state index in [-0.39, 0.29) is 0 Å². The maximum absolute atomic E-state index is 5.74. The Morgan fingerprint density at radius 2 is 2.00 bits per heavy atom. The summed E-state index contributed by atoms with van der Waals surface area (Å²) in [5, 5.41) is 0.581. The highest BCUT2D eigenvalue weighted by molar-refractivity contribution is 6.23. The van der Waals surface area contributed by atoms with E-state index >= 15 is 0 Å². The van der Waals surface area contributed by atoms with Crippen molar-refractivity contribution in [3.8, 4) is 0 Å². The lowest BCUT2D eigenvalue weighted by atomic mass is 10.4. The zero-order chi connectivity index (χ0) is 4.20. The molecule has 2 aliphatic carbocycles. The van der Waals surface area contributed by atoms with Crippen molar-refractivity contribution < 1.29 is 0 Å². The highest BCUT2D eigenvalue weighted by atomic mass is 35.5. The third-order valence-electron chi connectivity index (χ3n) is 1.98. The fraction of sp³-hybridized carbons (Fsp3) is 1.00. The second-order valence-corrected chi connectivity index (χ2v) is 3.06. The molecule has 2 rings (SSSR count). The monoisotopic (exact) mass is 102 g/mol. The Kier molecular flexibility index (Phi) is 0.356. The van der Waals surface area contributed by atoms with Crippen molar-refractivity contribution >= 4 is 11.6 Å². The fourth-order valence-corrected chi connectivity index (χ4v) is 1.50. The minimum atomic E-state index is 0.581. The van der Waals surface area contributed by atoms with E-state index in [9.17, 15) is 0 Å². The molecule has 34 valence electrons. The van der Waals surface area contributed by atoms with Crippen LogP contribution in [0.5, 0.6) is 0 Å². The van der Waals surface area contributed by atoms with Crippen LogP contribution in [0.4, 0.5) is 0 Å². The van der Waals surface area contributed by atoms with Crippen LogP contribution in [0.1, 0.15) is 19.3 Å². The van der Waals surface area contributed by atoms with Crippen molar-refractivity contribution in [2.45, 2.75) is 24.6 Å². The molecule has 1 atom stereocenters. The molecule has 2 aliphatic rings. The van der Waals surface area contributed by atoms with Gasteiger partial charge in [-0.1, -0.05) is 0 Å². The summed E-state index contributed by atoms with van der Waals surface area (Å²) >= 11 is 5.74. The topological polar surface area (TPSA) is 0 Å². The number of halogens is 1. The zero-order valence-electron chi connectivity index (χ0n) is 3.58. The lowest BCUT2D eigenvalue weighted by Gasteiger charge is -1.69. The molecule has 2 fully saturated rings. The van der Waals surface area contributed by atoms with E-state index in [0.717, 1.165) is 5.41 Å². The van der Waals surface area contributed by atoms with Gasteiger partial charge in [-0.3, -0.25) is 0 Å². The van der Waals surface area contributed by atoms with Gasteiger partial charge in [-0.25, -0.2) is 0 Å². The fourth-order valence-electron chi connectivity index (χ4n) is 0.976. The molecule has 0 amide bonds. The Balaban J connectivity index is 2.17. The number of rotatable bonds is 0. The molecular formula is C5H7Cl. The maximum Gasteiger partial charge on any atom is 0.0398 e. The number of hydrogen-bond donors (Lipinski definition) is 0. The molecule has 0 nitrogen and oxygen atoms in total. The van der Waals surface area contributed by atoms with Gasteiger partial charge in [0.25, 0.3) is 0 Å². The van der Waals surface area contributed by atoms with Crippen LogP contribution < -0.4 is 0 Å². The Morgan fingerprint density at radius 1 is 1.50 bits per heavy atom. The molecule has 0 radical (unpaired) electrons. The molecule has 0 aliphatic heterocycles. The highest BCUT2D eigenvalue weighted by Gasteiger charge is 2.61. The molecule has 0 aromatic rings. The van der Waals surface area contributed by atoms with Crippen molar-refractivity contribution in [2.75, 3.05) is 0 Å². The lowest BCUT2D eigenvalue weighted by Crippen LogP contribution is -1.67. The summed E-state index contributed by atoms with van der Waals surface area (Å²) < 4.78 is 0. The third-order valence-corrected chi connectivity index (χ3v) is 2.60. The van der Waals surface area contributed by atoms with E-state index in [2.05, 4.69) is 0 Å². The average molecular weight is 103 g/mol. The van der Waals surface area contributed by atoms with Crippen LogP contribution in [0.25, 0.3) is 0 Å². The molecule has 0 aromatic heterocycles. The van der Waals surface area contributed by atoms with Gasteiger partial charge in [0.15, 0.2) is 0 Å². The minimum absolute atomic E-state index is 0.581. The van der Waals surface area contributed by atoms with E-state index in [1.54, 1.807) is 0 Å². The van der Waals surface area contributed by atoms with Gasteiger partial charge in [0.05, 0.1) is 0 Å². The predicted molar refractivity (Wildman–Crippen MR) is 25.9 cm³/mol. The molecule has 1 unspecified atom stereocenters. The van der Waals surface area contributed by atoms with Crippen LogP contribution in [0.3, 0.4) is 0 Å². The molecule has 0 saturated heterocycles. The molecule has 1 heteroatoms. The van der Waals surface area contributed by atoms with Crippen molar-refractivity contribution in [2.24, 2.45) is 5.41 Å². The van der Waals surface area contributed by atoms with Crippen molar-refractivity contribution in [1.82, 2.24) is 0 Å². The Hall–Kier alpha value is 0.290. The maximum atomic E-state index is 5.74. The normalized spacial score (nSPS) is 46.5. The molecule has 0 aromatic carbocycles. The molecule has 1 spiro atoms. The number of alkyl halides is 1. The van der Waals surface area contributed by atoms with Gasteiger partial charge < -0.3 is 0 Å². The van der Waals surface area contributed by atoms with E-state index in [0.29, 0.717) is 5.38 Å². The van der Waals surface area contributed by atoms with Crippen LogP contribution in [-0.4, -0.2) is 5.38 Å². The number of hydrogen-bond acceptors (Lipinski definition) is 0. The smallest absolute Gasteiger partial charge is 0.0398 e. The summed E-state index contributed by atoms with van der Waals surface area (Å²) in [5.41, 5.74) is 0.724. The summed E-state index contributed by atoms with van der Waals surface area (Å²) in [6, 6.07) is 0. The minimum Gasteiger partial charge on any atom is -0.122 e. The van der Waals surface area contributed by atoms with E-state index in [4.69, 9.17) is 11.6 Å². The Morgan fingerprint density at radius 3 is 2.00 bits per heavy atom. The summed E-state index contributed by atoms with van der Waals surface area (Å²) in [6.07, 6.45) is 4.15. The predicted octanol–water partition coefficient (Wildman–Crippen LogP) is 1.78. The molecule has 6 heavy (non-hydrogen) atoms. The van der Waals surface area contributed by atoms with E-state index < -0.39 is 0 Å². The largest absolute Gasteiger partial charge is 0.122 e. The summed E-state index contributed by atoms with van der Waals surface area (Å²) in [4.78, 5) is 0. The summed E-state index contributed by atoms with van der Waals surface area (Å²) in [5.74, 6) is 0. The first-order chi connectivity index (χ1) is 2.83. The van der Waals surface area contributed by atoms with Crippen LogP contribution in [0, 0.1) is 5.41 Å². The van der Waals surface area contributed by atoms with Crippen LogP contribution in [0.15, 0.2) is 0 Å². The van der Waals surface area contributed by atoms with Gasteiger partial charge in [0.1, 0.15) is 0 Å². The molecule has 0 N–H and O–H groups in total. The highest BCUT2D eigenvalue weighted by Crippen LogP contribution is 2.68. The van der Waals surface area contributed by atoms with E-state index in [1.807, 2.05) is 0 Å². The van der Waals surface area contributed by atoms with Gasteiger partial charge >= 0.3 is 0 Å². The van der Waals surface area contributed by atoms with Crippen LogP contribution in [0.2, 0.25) is 0 Å². The van der Waals surface area contributed by atoms with Crippen LogP contribution in [-0.2, 0) is 0 Å². The van der Waals surface area contributed by atoms with E-state index in [1.165, 1.54) is 19.3 Å². The second-order valence-electron chi connectivity index (χ2n) is 2.53. The van der Waals surface area contributed by atoms with Crippen molar-refractivity contribution in [3.63, 3.8) is 0 Å². The molecule has 0 heterocycles. The summed E-state index contributed by atoms with van der Waals surface area (Å²) in [6.45, 7) is 0. The Bertz CT molecular complexity index is 83.9. The Labute approximate surface area is 42.5 Å². The third kappa shape index (κ3) is 0.227. The molecule has 0 bridgehead atoms. The molecular weight excluding hydrogens is 95.5 g/mol. The van der Waals surface area contributed by atoms with Crippen molar-refractivity contribution in [1.29, 1.82) is 0 Å². The SMILES string of the molecule is ClC1CC12CC2. The average Bonchev–Trinajstić information content (AvgIpc) is 2.25. The standard InChI is InChI=1S/C5H7Cl/c6-4-3-5(4)1-2-5/h4H,1-3H2. The quantitative estimate of drug-likeness (QED) is 0.409. The zero-order valence-corrected chi connectivity index (χ0v) is 4.33. The molecule has 2 saturated carbocycles. The first-order valence-electron chi connectivity index (χ1n) is 2.48.